The highest BCUT2D eigenvalue weighted by molar-refractivity contribution is 6.03. The number of aromatic nitrogens is 1. The fourth-order valence-electron chi connectivity index (χ4n) is 4.54. The SMILES string of the molecule is C=CCN1C(=O)NC(c2ccccc2C(F)(F)F)C2=C1CN(C(C)C(=O)NCCc1ccccn1)C2=O. The molecule has 2 aromatic rings. The summed E-state index contributed by atoms with van der Waals surface area (Å²) in [5.41, 5.74) is -0.136. The van der Waals surface area contributed by atoms with E-state index >= 15 is 0 Å². The zero-order valence-corrected chi connectivity index (χ0v) is 20.1. The van der Waals surface area contributed by atoms with Gasteiger partial charge in [-0.15, -0.1) is 6.58 Å². The fourth-order valence-corrected chi connectivity index (χ4v) is 4.54. The summed E-state index contributed by atoms with van der Waals surface area (Å²) in [7, 11) is 0. The maximum atomic E-state index is 13.8. The topological polar surface area (TPSA) is 94.6 Å². The van der Waals surface area contributed by atoms with Crippen LogP contribution in [0.5, 0.6) is 0 Å². The summed E-state index contributed by atoms with van der Waals surface area (Å²) in [6.07, 6.45) is -1.10. The van der Waals surface area contributed by atoms with E-state index in [9.17, 15) is 27.6 Å². The van der Waals surface area contributed by atoms with Crippen LogP contribution in [0.15, 0.2) is 72.6 Å². The van der Waals surface area contributed by atoms with E-state index in [4.69, 9.17) is 0 Å². The van der Waals surface area contributed by atoms with Gasteiger partial charge in [-0.2, -0.15) is 13.2 Å². The number of carbonyl (C=O) groups is 3. The molecule has 0 saturated heterocycles. The number of rotatable bonds is 8. The molecule has 0 spiro atoms. The first-order valence-corrected chi connectivity index (χ1v) is 11.7. The van der Waals surface area contributed by atoms with Crippen LogP contribution in [0, 0.1) is 0 Å². The normalized spacial score (nSPS) is 18.4. The van der Waals surface area contributed by atoms with E-state index in [2.05, 4.69) is 22.2 Å². The summed E-state index contributed by atoms with van der Waals surface area (Å²) < 4.78 is 41.4. The highest BCUT2D eigenvalue weighted by atomic mass is 19.4. The van der Waals surface area contributed by atoms with Crippen molar-refractivity contribution in [2.45, 2.75) is 31.6 Å². The van der Waals surface area contributed by atoms with Gasteiger partial charge in [-0.3, -0.25) is 19.5 Å². The molecule has 0 bridgehead atoms. The lowest BCUT2D eigenvalue weighted by atomic mass is 9.91. The fraction of sp³-hybridized carbons (Fsp3) is 0.308. The van der Waals surface area contributed by atoms with Crippen molar-refractivity contribution in [3.05, 3.63) is 89.4 Å². The lowest BCUT2D eigenvalue weighted by molar-refractivity contribution is -0.138. The second-order valence-electron chi connectivity index (χ2n) is 8.70. The molecule has 0 radical (unpaired) electrons. The Balaban J connectivity index is 1.60. The molecule has 2 aliphatic heterocycles. The first kappa shape index (κ1) is 25.9. The van der Waals surface area contributed by atoms with Gasteiger partial charge in [0, 0.05) is 31.4 Å². The molecular formula is C26H26F3N5O3. The van der Waals surface area contributed by atoms with Crippen LogP contribution in [0.1, 0.15) is 29.8 Å². The molecule has 0 fully saturated rings. The van der Waals surface area contributed by atoms with E-state index in [1.165, 1.54) is 41.0 Å². The predicted molar refractivity (Wildman–Crippen MR) is 129 cm³/mol. The van der Waals surface area contributed by atoms with E-state index in [0.29, 0.717) is 13.0 Å². The monoisotopic (exact) mass is 513 g/mol. The molecule has 4 rings (SSSR count). The van der Waals surface area contributed by atoms with Crippen molar-refractivity contribution in [1.29, 1.82) is 0 Å². The molecule has 11 heteroatoms. The first-order valence-electron chi connectivity index (χ1n) is 11.7. The van der Waals surface area contributed by atoms with E-state index in [-0.39, 0.29) is 29.9 Å². The van der Waals surface area contributed by atoms with Gasteiger partial charge in [0.05, 0.1) is 29.4 Å². The zero-order valence-electron chi connectivity index (χ0n) is 20.1. The lowest BCUT2D eigenvalue weighted by Crippen LogP contribution is -2.47. The van der Waals surface area contributed by atoms with E-state index in [1.54, 1.807) is 12.3 Å². The van der Waals surface area contributed by atoms with Gasteiger partial charge in [0.15, 0.2) is 0 Å². The summed E-state index contributed by atoms with van der Waals surface area (Å²) in [5.74, 6) is -1.04. The van der Waals surface area contributed by atoms with Crippen LogP contribution >= 0.6 is 0 Å². The minimum atomic E-state index is -4.69. The molecule has 2 aliphatic rings. The number of nitrogens with zero attached hydrogens (tertiary/aromatic N) is 3. The number of benzene rings is 1. The Morgan fingerprint density at radius 3 is 2.65 bits per heavy atom. The second kappa shape index (κ2) is 10.5. The van der Waals surface area contributed by atoms with Crippen molar-refractivity contribution in [3.8, 4) is 0 Å². The Bertz CT molecular complexity index is 1250. The average Bonchev–Trinajstić information content (AvgIpc) is 3.22. The minimum Gasteiger partial charge on any atom is -0.354 e. The molecule has 0 saturated carbocycles. The Hall–Kier alpha value is -4.15. The molecule has 8 nitrogen and oxygen atoms in total. The Morgan fingerprint density at radius 2 is 1.97 bits per heavy atom. The quantitative estimate of drug-likeness (QED) is 0.530. The maximum absolute atomic E-state index is 13.8. The number of urea groups is 1. The van der Waals surface area contributed by atoms with Gasteiger partial charge in [-0.05, 0) is 30.7 Å². The number of alkyl halides is 3. The number of carbonyl (C=O) groups excluding carboxylic acids is 3. The third-order valence-electron chi connectivity index (χ3n) is 6.39. The molecule has 1 aromatic heterocycles. The summed E-state index contributed by atoms with van der Waals surface area (Å²) in [4.78, 5) is 46.1. The summed E-state index contributed by atoms with van der Waals surface area (Å²) in [6.45, 7) is 5.40. The predicted octanol–water partition coefficient (Wildman–Crippen LogP) is 3.20. The number of amides is 4. The first-order chi connectivity index (χ1) is 17.6. The van der Waals surface area contributed by atoms with E-state index in [0.717, 1.165) is 11.8 Å². The summed E-state index contributed by atoms with van der Waals surface area (Å²) in [5, 5.41) is 5.32. The van der Waals surface area contributed by atoms with Crippen molar-refractivity contribution in [3.63, 3.8) is 0 Å². The second-order valence-corrected chi connectivity index (χ2v) is 8.70. The van der Waals surface area contributed by atoms with E-state index < -0.39 is 41.7 Å². The van der Waals surface area contributed by atoms with Gasteiger partial charge < -0.3 is 15.5 Å². The molecule has 2 N–H and O–H groups in total. The van der Waals surface area contributed by atoms with Gasteiger partial charge in [0.2, 0.25) is 5.91 Å². The zero-order chi connectivity index (χ0) is 26.7. The van der Waals surface area contributed by atoms with Gasteiger partial charge in [0.25, 0.3) is 5.91 Å². The number of halogens is 3. The van der Waals surface area contributed by atoms with Crippen LogP contribution in [0.3, 0.4) is 0 Å². The Morgan fingerprint density at radius 1 is 1.24 bits per heavy atom. The van der Waals surface area contributed by atoms with Crippen LogP contribution in [0.2, 0.25) is 0 Å². The number of nitrogens with one attached hydrogen (secondary N) is 2. The van der Waals surface area contributed by atoms with Crippen molar-refractivity contribution < 1.29 is 27.6 Å². The maximum Gasteiger partial charge on any atom is 0.416 e. The largest absolute Gasteiger partial charge is 0.416 e. The molecular weight excluding hydrogens is 487 g/mol. The molecule has 4 amide bonds. The van der Waals surface area contributed by atoms with Crippen molar-refractivity contribution in [1.82, 2.24) is 25.4 Å². The summed E-state index contributed by atoms with van der Waals surface area (Å²) >= 11 is 0. The smallest absolute Gasteiger partial charge is 0.354 e. The average molecular weight is 514 g/mol. The Kier molecular flexibility index (Phi) is 7.33. The van der Waals surface area contributed by atoms with Gasteiger partial charge in [-0.1, -0.05) is 30.3 Å². The standard InChI is InChI=1S/C26H26F3N5O3/c1-3-14-33-20-15-34(16(2)23(35)31-13-11-17-8-6-7-12-30-17)24(36)21(20)22(32-25(33)37)18-9-4-5-10-19(18)26(27,28)29/h3-10,12,16,22H,1,11,13-15H2,2H3,(H,31,35)(H,32,37). The number of pyridine rings is 1. The third kappa shape index (κ3) is 5.20. The molecule has 1 aromatic carbocycles. The van der Waals surface area contributed by atoms with Gasteiger partial charge in [-0.25, -0.2) is 4.79 Å². The number of hydrogen-bond donors (Lipinski definition) is 2. The molecule has 2 unspecified atom stereocenters. The molecule has 0 aliphatic carbocycles. The van der Waals surface area contributed by atoms with Crippen molar-refractivity contribution in [2.75, 3.05) is 19.6 Å². The van der Waals surface area contributed by atoms with Crippen molar-refractivity contribution >= 4 is 17.8 Å². The van der Waals surface area contributed by atoms with Gasteiger partial charge in [0.1, 0.15) is 6.04 Å². The molecule has 3 heterocycles. The van der Waals surface area contributed by atoms with E-state index in [1.807, 2.05) is 12.1 Å². The highest BCUT2D eigenvalue weighted by Crippen LogP contribution is 2.41. The minimum absolute atomic E-state index is 0.00582. The lowest BCUT2D eigenvalue weighted by Gasteiger charge is -2.33. The number of hydrogen-bond acceptors (Lipinski definition) is 4. The van der Waals surface area contributed by atoms with Crippen LogP contribution in [0.25, 0.3) is 0 Å². The van der Waals surface area contributed by atoms with Crippen molar-refractivity contribution in [2.24, 2.45) is 0 Å². The highest BCUT2D eigenvalue weighted by Gasteiger charge is 2.48. The summed E-state index contributed by atoms with van der Waals surface area (Å²) in [6, 6.07) is 7.37. The van der Waals surface area contributed by atoms with Crippen LogP contribution < -0.4 is 10.6 Å². The van der Waals surface area contributed by atoms with Gasteiger partial charge >= 0.3 is 12.2 Å². The van der Waals surface area contributed by atoms with Crippen LogP contribution in [-0.2, 0) is 22.2 Å². The Labute approximate surface area is 211 Å². The molecule has 2 atom stereocenters. The third-order valence-corrected chi connectivity index (χ3v) is 6.39. The molecule has 194 valence electrons. The molecule has 37 heavy (non-hydrogen) atoms. The van der Waals surface area contributed by atoms with Crippen LogP contribution in [0.4, 0.5) is 18.0 Å². The van der Waals surface area contributed by atoms with Crippen LogP contribution in [-0.4, -0.2) is 58.3 Å².